The summed E-state index contributed by atoms with van der Waals surface area (Å²) in [5.41, 5.74) is 1.10. The molecule has 0 amide bonds. The average Bonchev–Trinajstić information content (AvgIpc) is 2.90. The lowest BCUT2D eigenvalue weighted by Crippen LogP contribution is -2.45. The van der Waals surface area contributed by atoms with Crippen LogP contribution in [0, 0.1) is 11.8 Å². The van der Waals surface area contributed by atoms with Crippen LogP contribution in [0.25, 0.3) is 0 Å². The summed E-state index contributed by atoms with van der Waals surface area (Å²) in [5, 5.41) is 9.40. The molecule has 1 aliphatic rings. The van der Waals surface area contributed by atoms with Crippen LogP contribution in [-0.2, 0) is 11.3 Å². The van der Waals surface area contributed by atoms with Crippen LogP contribution < -0.4 is 0 Å². The zero-order valence-electron chi connectivity index (χ0n) is 11.7. The first kappa shape index (κ1) is 14.1. The highest BCUT2D eigenvalue weighted by atomic mass is 16.4. The number of aliphatic carboxylic acids is 1. The van der Waals surface area contributed by atoms with Gasteiger partial charge in [-0.25, -0.2) is 0 Å². The number of carboxylic acid groups (broad SMARTS) is 1. The maximum absolute atomic E-state index is 11.4. The van der Waals surface area contributed by atoms with E-state index >= 15 is 0 Å². The molecule has 1 saturated carbocycles. The van der Waals surface area contributed by atoms with Crippen molar-refractivity contribution in [2.45, 2.75) is 45.2 Å². The van der Waals surface area contributed by atoms with Crippen molar-refractivity contribution in [1.29, 1.82) is 0 Å². The quantitative estimate of drug-likeness (QED) is 0.889. The van der Waals surface area contributed by atoms with Gasteiger partial charge in [0.2, 0.25) is 0 Å². The fraction of sp³-hybridized carbons (Fsp3) is 0.667. The molecule has 0 aliphatic heterocycles. The third-order valence-electron chi connectivity index (χ3n) is 4.40. The van der Waals surface area contributed by atoms with Gasteiger partial charge in [0.05, 0.1) is 18.4 Å². The summed E-state index contributed by atoms with van der Waals surface area (Å²) in [6, 6.07) is 2.07. The van der Waals surface area contributed by atoms with Gasteiger partial charge in [-0.05, 0) is 38.3 Å². The van der Waals surface area contributed by atoms with E-state index in [1.807, 2.05) is 13.1 Å². The molecule has 1 aliphatic carbocycles. The van der Waals surface area contributed by atoms with E-state index in [2.05, 4.69) is 11.8 Å². The number of carbonyl (C=O) groups is 1. The van der Waals surface area contributed by atoms with Gasteiger partial charge in [0.1, 0.15) is 0 Å². The molecule has 1 N–H and O–H groups in total. The van der Waals surface area contributed by atoms with Crippen LogP contribution >= 0.6 is 0 Å². The molecule has 0 aromatic carbocycles. The lowest BCUT2D eigenvalue weighted by Gasteiger charge is -2.39. The SMILES string of the molecule is CCC1CCC(C(=O)O)C(N(C)Cc2ccoc2)C1. The minimum Gasteiger partial charge on any atom is -0.481 e. The summed E-state index contributed by atoms with van der Waals surface area (Å²) >= 11 is 0. The molecule has 1 heterocycles. The van der Waals surface area contributed by atoms with E-state index in [4.69, 9.17) is 4.42 Å². The van der Waals surface area contributed by atoms with Crippen molar-refractivity contribution >= 4 is 5.97 Å². The van der Waals surface area contributed by atoms with Crippen LogP contribution in [0.4, 0.5) is 0 Å². The van der Waals surface area contributed by atoms with E-state index in [9.17, 15) is 9.90 Å². The van der Waals surface area contributed by atoms with Crippen molar-refractivity contribution < 1.29 is 14.3 Å². The van der Waals surface area contributed by atoms with Gasteiger partial charge in [-0.3, -0.25) is 9.69 Å². The van der Waals surface area contributed by atoms with Gasteiger partial charge < -0.3 is 9.52 Å². The first-order valence-electron chi connectivity index (χ1n) is 7.06. The minimum atomic E-state index is -0.654. The summed E-state index contributed by atoms with van der Waals surface area (Å²) in [4.78, 5) is 13.6. The Morgan fingerprint density at radius 3 is 2.89 bits per heavy atom. The van der Waals surface area contributed by atoms with Crippen molar-refractivity contribution in [3.8, 4) is 0 Å². The fourth-order valence-corrected chi connectivity index (χ4v) is 3.17. The Labute approximate surface area is 114 Å². The maximum Gasteiger partial charge on any atom is 0.308 e. The van der Waals surface area contributed by atoms with Gasteiger partial charge >= 0.3 is 5.97 Å². The van der Waals surface area contributed by atoms with E-state index in [0.29, 0.717) is 5.92 Å². The van der Waals surface area contributed by atoms with Gasteiger partial charge in [-0.1, -0.05) is 13.3 Å². The summed E-state index contributed by atoms with van der Waals surface area (Å²) in [5.74, 6) is -0.231. The number of rotatable bonds is 5. The van der Waals surface area contributed by atoms with Crippen molar-refractivity contribution in [2.24, 2.45) is 11.8 Å². The maximum atomic E-state index is 11.4. The van der Waals surface area contributed by atoms with Crippen LogP contribution in [0.1, 0.15) is 38.2 Å². The molecule has 0 saturated heterocycles. The van der Waals surface area contributed by atoms with Gasteiger partial charge in [0, 0.05) is 18.2 Å². The van der Waals surface area contributed by atoms with E-state index in [1.165, 1.54) is 0 Å². The molecule has 1 aromatic heterocycles. The van der Waals surface area contributed by atoms with Crippen LogP contribution in [-0.4, -0.2) is 29.1 Å². The van der Waals surface area contributed by atoms with Crippen LogP contribution in [0.2, 0.25) is 0 Å². The Morgan fingerprint density at radius 1 is 1.53 bits per heavy atom. The molecular weight excluding hydrogens is 242 g/mol. The molecule has 1 fully saturated rings. The summed E-state index contributed by atoms with van der Waals surface area (Å²) in [6.07, 6.45) is 7.36. The zero-order valence-corrected chi connectivity index (χ0v) is 11.7. The lowest BCUT2D eigenvalue weighted by atomic mass is 9.76. The van der Waals surface area contributed by atoms with E-state index < -0.39 is 5.97 Å². The molecule has 0 bridgehead atoms. The summed E-state index contributed by atoms with van der Waals surface area (Å²) < 4.78 is 5.08. The Balaban J connectivity index is 2.05. The van der Waals surface area contributed by atoms with Gasteiger partial charge in [-0.2, -0.15) is 0 Å². The van der Waals surface area contributed by atoms with E-state index in [0.717, 1.165) is 37.8 Å². The predicted molar refractivity (Wildman–Crippen MR) is 72.7 cm³/mol. The number of furan rings is 1. The highest BCUT2D eigenvalue weighted by Crippen LogP contribution is 2.34. The topological polar surface area (TPSA) is 53.7 Å². The van der Waals surface area contributed by atoms with Crippen molar-refractivity contribution in [1.82, 2.24) is 4.90 Å². The fourth-order valence-electron chi connectivity index (χ4n) is 3.17. The van der Waals surface area contributed by atoms with Crippen molar-refractivity contribution in [3.63, 3.8) is 0 Å². The first-order valence-corrected chi connectivity index (χ1v) is 7.06. The minimum absolute atomic E-state index is 0.131. The van der Waals surface area contributed by atoms with Crippen molar-refractivity contribution in [2.75, 3.05) is 7.05 Å². The summed E-state index contributed by atoms with van der Waals surface area (Å²) in [7, 11) is 2.02. The lowest BCUT2D eigenvalue weighted by molar-refractivity contribution is -0.146. The summed E-state index contributed by atoms with van der Waals surface area (Å²) in [6.45, 7) is 2.94. The van der Waals surface area contributed by atoms with Crippen LogP contribution in [0.15, 0.2) is 23.0 Å². The molecular formula is C15H23NO3. The molecule has 106 valence electrons. The molecule has 19 heavy (non-hydrogen) atoms. The average molecular weight is 265 g/mol. The number of hydrogen-bond acceptors (Lipinski definition) is 3. The standard InChI is InChI=1S/C15H23NO3/c1-3-11-4-5-13(15(17)18)14(8-11)16(2)9-12-6-7-19-10-12/h6-7,10-11,13-14H,3-5,8-9H2,1-2H3,(H,17,18). The molecule has 1 aromatic rings. The molecule has 4 nitrogen and oxygen atoms in total. The number of nitrogens with zero attached hydrogens (tertiary/aromatic N) is 1. The van der Waals surface area contributed by atoms with E-state index in [-0.39, 0.29) is 12.0 Å². The third-order valence-corrected chi connectivity index (χ3v) is 4.40. The second kappa shape index (κ2) is 6.24. The highest BCUT2D eigenvalue weighted by Gasteiger charge is 2.36. The second-order valence-corrected chi connectivity index (χ2v) is 5.65. The molecule has 4 heteroatoms. The second-order valence-electron chi connectivity index (χ2n) is 5.65. The number of hydrogen-bond donors (Lipinski definition) is 1. The van der Waals surface area contributed by atoms with Gasteiger partial charge in [-0.15, -0.1) is 0 Å². The Bertz CT molecular complexity index is 402. The molecule has 0 radical (unpaired) electrons. The molecule has 0 spiro atoms. The predicted octanol–water partition coefficient (Wildman–Crippen LogP) is 2.99. The molecule has 2 rings (SSSR count). The zero-order chi connectivity index (χ0) is 13.8. The Kier molecular flexibility index (Phi) is 4.64. The van der Waals surface area contributed by atoms with Gasteiger partial charge in [0.15, 0.2) is 0 Å². The first-order chi connectivity index (χ1) is 9.11. The Morgan fingerprint density at radius 2 is 2.32 bits per heavy atom. The van der Waals surface area contributed by atoms with Gasteiger partial charge in [0.25, 0.3) is 0 Å². The van der Waals surface area contributed by atoms with Crippen molar-refractivity contribution in [3.05, 3.63) is 24.2 Å². The largest absolute Gasteiger partial charge is 0.481 e. The third kappa shape index (κ3) is 3.38. The monoisotopic (exact) mass is 265 g/mol. The smallest absolute Gasteiger partial charge is 0.308 e. The number of carboxylic acids is 1. The molecule has 3 atom stereocenters. The van der Waals surface area contributed by atoms with Crippen LogP contribution in [0.5, 0.6) is 0 Å². The van der Waals surface area contributed by atoms with E-state index in [1.54, 1.807) is 12.5 Å². The normalized spacial score (nSPS) is 27.6. The van der Waals surface area contributed by atoms with Crippen LogP contribution in [0.3, 0.4) is 0 Å². The molecule has 3 unspecified atom stereocenters. The Hall–Kier alpha value is -1.29. The highest BCUT2D eigenvalue weighted by molar-refractivity contribution is 5.71.